The Kier molecular flexibility index (Phi) is 3.47. The molecule has 2 atom stereocenters. The van der Waals surface area contributed by atoms with Gasteiger partial charge in [-0.15, -0.1) is 11.8 Å². The van der Waals surface area contributed by atoms with Crippen LogP contribution in [0.1, 0.15) is 47.5 Å². The number of carbonyl (C=O) groups is 1. The smallest absolute Gasteiger partial charge is 0.322 e. The number of ether oxygens (including phenoxy) is 1. The van der Waals surface area contributed by atoms with Crippen molar-refractivity contribution in [1.29, 1.82) is 0 Å². The fraction of sp³-hybridized carbons (Fsp3) is 0.588. The van der Waals surface area contributed by atoms with Crippen molar-refractivity contribution in [2.24, 2.45) is 0 Å². The van der Waals surface area contributed by atoms with E-state index in [1.807, 2.05) is 20.8 Å². The van der Waals surface area contributed by atoms with Crippen molar-refractivity contribution in [3.05, 3.63) is 34.0 Å². The van der Waals surface area contributed by atoms with Crippen molar-refractivity contribution in [1.82, 2.24) is 4.90 Å². The lowest BCUT2D eigenvalue weighted by Crippen LogP contribution is -2.48. The van der Waals surface area contributed by atoms with E-state index >= 15 is 0 Å². The molecule has 0 aromatic heterocycles. The highest BCUT2D eigenvalue weighted by Crippen LogP contribution is 2.48. The fourth-order valence-electron chi connectivity index (χ4n) is 3.26. The highest BCUT2D eigenvalue weighted by atomic mass is 32.2. The minimum atomic E-state index is -0.431. The van der Waals surface area contributed by atoms with Crippen LogP contribution >= 0.6 is 11.8 Å². The number of thioether (sulfide) groups is 1. The fourth-order valence-corrected chi connectivity index (χ4v) is 4.48. The molecule has 21 heavy (non-hydrogen) atoms. The van der Waals surface area contributed by atoms with E-state index in [2.05, 4.69) is 30.9 Å². The first-order chi connectivity index (χ1) is 9.78. The van der Waals surface area contributed by atoms with E-state index in [0.717, 1.165) is 12.8 Å². The monoisotopic (exact) mass is 305 g/mol. The molecule has 0 unspecified atom stereocenters. The number of hydrogen-bond donors (Lipinski definition) is 0. The van der Waals surface area contributed by atoms with Crippen LogP contribution in [0.4, 0.5) is 0 Å². The highest BCUT2D eigenvalue weighted by molar-refractivity contribution is 8.04. The molecule has 0 radical (unpaired) electrons. The summed E-state index contributed by atoms with van der Waals surface area (Å²) in [7, 11) is 0. The number of nitrogens with zero attached hydrogens (tertiary/aromatic N) is 1. The first-order valence-electron chi connectivity index (χ1n) is 7.53. The number of esters is 1. The predicted octanol–water partition coefficient (Wildman–Crippen LogP) is 3.98. The molecule has 0 amide bonds. The maximum atomic E-state index is 12.6. The second-order valence-corrected chi connectivity index (χ2v) is 8.35. The topological polar surface area (TPSA) is 29.5 Å². The Morgan fingerprint density at radius 3 is 2.76 bits per heavy atom. The van der Waals surface area contributed by atoms with Crippen LogP contribution in [0.15, 0.2) is 34.0 Å². The maximum Gasteiger partial charge on any atom is 0.322 e. The molecule has 0 aromatic carbocycles. The first-order valence-corrected chi connectivity index (χ1v) is 8.40. The van der Waals surface area contributed by atoms with Crippen LogP contribution in [0, 0.1) is 0 Å². The molecule has 0 fully saturated rings. The number of rotatable bonds is 1. The summed E-state index contributed by atoms with van der Waals surface area (Å²) in [5.41, 5.74) is 3.63. The van der Waals surface area contributed by atoms with Gasteiger partial charge < -0.3 is 9.64 Å². The normalized spacial score (nSPS) is 28.1. The average molecular weight is 305 g/mol. The van der Waals surface area contributed by atoms with E-state index in [1.54, 1.807) is 11.8 Å². The predicted molar refractivity (Wildman–Crippen MR) is 86.6 cm³/mol. The van der Waals surface area contributed by atoms with Crippen LogP contribution in [-0.4, -0.2) is 27.8 Å². The standard InChI is InChI=1S/C17H23NO2S/c1-10-9-14-11(2)21-15(16(19)20-17(3,4)5)13-8-6-7-12(10)18(13)14/h6-7,13,15H,8-9H2,1-5H3/t13-,15+/m0/s1. The Labute approximate surface area is 131 Å². The van der Waals surface area contributed by atoms with E-state index in [-0.39, 0.29) is 17.3 Å². The summed E-state index contributed by atoms with van der Waals surface area (Å²) in [4.78, 5) is 16.2. The van der Waals surface area contributed by atoms with Gasteiger partial charge in [-0.3, -0.25) is 4.79 Å². The molecule has 0 saturated carbocycles. The SMILES string of the molecule is CC1=C2C=CC[C@H]3[C@H](C(=O)OC(C)(C)C)SC(C)=C(C1)N23. The molecule has 3 nitrogen and oxygen atoms in total. The van der Waals surface area contributed by atoms with Crippen LogP contribution in [0.2, 0.25) is 0 Å². The van der Waals surface area contributed by atoms with Gasteiger partial charge in [0.2, 0.25) is 0 Å². The Morgan fingerprint density at radius 1 is 1.38 bits per heavy atom. The van der Waals surface area contributed by atoms with Gasteiger partial charge in [0.15, 0.2) is 0 Å². The lowest BCUT2D eigenvalue weighted by atomic mass is 10.0. The van der Waals surface area contributed by atoms with Crippen LogP contribution < -0.4 is 0 Å². The van der Waals surface area contributed by atoms with Gasteiger partial charge in [-0.2, -0.15) is 0 Å². The molecule has 0 saturated heterocycles. The highest BCUT2D eigenvalue weighted by Gasteiger charge is 2.45. The van der Waals surface area contributed by atoms with Crippen molar-refractivity contribution < 1.29 is 9.53 Å². The van der Waals surface area contributed by atoms with Crippen LogP contribution in [0.3, 0.4) is 0 Å². The molecular weight excluding hydrogens is 282 g/mol. The van der Waals surface area contributed by atoms with Crippen molar-refractivity contribution in [3.63, 3.8) is 0 Å². The van der Waals surface area contributed by atoms with Gasteiger partial charge in [0.1, 0.15) is 10.9 Å². The van der Waals surface area contributed by atoms with Crippen molar-refractivity contribution in [3.8, 4) is 0 Å². The molecule has 3 aliphatic rings. The molecule has 0 N–H and O–H groups in total. The minimum Gasteiger partial charge on any atom is -0.459 e. The van der Waals surface area contributed by atoms with Crippen LogP contribution in [0.25, 0.3) is 0 Å². The second kappa shape index (κ2) is 4.94. The van der Waals surface area contributed by atoms with Crippen LogP contribution in [0.5, 0.6) is 0 Å². The van der Waals surface area contributed by atoms with E-state index in [0.29, 0.717) is 0 Å². The molecule has 3 rings (SSSR count). The summed E-state index contributed by atoms with van der Waals surface area (Å²) < 4.78 is 5.64. The zero-order valence-corrected chi connectivity index (χ0v) is 14.2. The molecule has 0 aromatic rings. The van der Waals surface area contributed by atoms with Gasteiger partial charge in [-0.05, 0) is 52.7 Å². The summed E-state index contributed by atoms with van der Waals surface area (Å²) in [6.45, 7) is 10.1. The zero-order chi connectivity index (χ0) is 15.4. The molecule has 0 bridgehead atoms. The zero-order valence-electron chi connectivity index (χ0n) is 13.4. The Hall–Kier alpha value is -1.16. The Balaban J connectivity index is 1.94. The lowest BCUT2D eigenvalue weighted by Gasteiger charge is -2.43. The van der Waals surface area contributed by atoms with Gasteiger partial charge in [0, 0.05) is 22.7 Å². The Bertz CT molecular complexity index is 580. The van der Waals surface area contributed by atoms with E-state index in [9.17, 15) is 4.79 Å². The molecule has 0 aliphatic carbocycles. The van der Waals surface area contributed by atoms with Crippen molar-refractivity contribution in [2.45, 2.75) is 64.4 Å². The maximum absolute atomic E-state index is 12.6. The number of allylic oxidation sites excluding steroid dienone is 3. The first kappa shape index (κ1) is 14.8. The molecular formula is C17H23NO2S. The molecule has 4 heteroatoms. The summed E-state index contributed by atoms with van der Waals surface area (Å²) in [6, 6.07) is 0.195. The van der Waals surface area contributed by atoms with Gasteiger partial charge in [0.25, 0.3) is 0 Å². The van der Waals surface area contributed by atoms with E-state index in [4.69, 9.17) is 4.74 Å². The molecule has 3 heterocycles. The summed E-state index contributed by atoms with van der Waals surface area (Å²) in [5.74, 6) is -0.0879. The quantitative estimate of drug-likeness (QED) is 0.685. The Morgan fingerprint density at radius 2 is 2.10 bits per heavy atom. The minimum absolute atomic E-state index is 0.0879. The summed E-state index contributed by atoms with van der Waals surface area (Å²) >= 11 is 1.69. The molecule has 0 spiro atoms. The van der Waals surface area contributed by atoms with E-state index < -0.39 is 5.60 Å². The molecule has 114 valence electrons. The number of carbonyl (C=O) groups excluding carboxylic acids is 1. The average Bonchev–Trinajstić information content (AvgIpc) is 2.71. The third-order valence-electron chi connectivity index (χ3n) is 4.10. The van der Waals surface area contributed by atoms with Gasteiger partial charge in [-0.25, -0.2) is 0 Å². The van der Waals surface area contributed by atoms with Gasteiger partial charge in [-0.1, -0.05) is 6.08 Å². The van der Waals surface area contributed by atoms with Crippen molar-refractivity contribution >= 4 is 17.7 Å². The second-order valence-electron chi connectivity index (χ2n) is 6.99. The largest absolute Gasteiger partial charge is 0.459 e. The van der Waals surface area contributed by atoms with E-state index in [1.165, 1.54) is 21.9 Å². The van der Waals surface area contributed by atoms with Gasteiger partial charge in [0.05, 0.1) is 6.04 Å². The summed E-state index contributed by atoms with van der Waals surface area (Å²) in [6.07, 6.45) is 6.32. The number of hydrogen-bond acceptors (Lipinski definition) is 4. The third kappa shape index (κ3) is 2.54. The van der Waals surface area contributed by atoms with Crippen LogP contribution in [-0.2, 0) is 9.53 Å². The lowest BCUT2D eigenvalue weighted by molar-refractivity contribution is -0.155. The third-order valence-corrected chi connectivity index (χ3v) is 5.45. The van der Waals surface area contributed by atoms with Gasteiger partial charge >= 0.3 is 5.97 Å². The molecule has 3 aliphatic heterocycles. The summed E-state index contributed by atoms with van der Waals surface area (Å²) in [5, 5.41) is -0.140. The van der Waals surface area contributed by atoms with Crippen molar-refractivity contribution in [2.75, 3.05) is 0 Å².